The Balaban J connectivity index is 3.12. The van der Waals surface area contributed by atoms with Gasteiger partial charge in [-0.25, -0.2) is 8.78 Å². The zero-order valence-electron chi connectivity index (χ0n) is 9.68. The number of aryl methyl sites for hydroxylation is 1. The molecule has 0 unspecified atom stereocenters. The number of benzene rings is 1. The number of halogens is 2. The molecule has 0 aliphatic heterocycles. The lowest BCUT2D eigenvalue weighted by molar-refractivity contribution is 0.519. The summed E-state index contributed by atoms with van der Waals surface area (Å²) in [5.41, 5.74) is 0.619. The van der Waals surface area contributed by atoms with Crippen LogP contribution < -0.4 is 10.6 Å². The number of rotatable bonds is 1. The first-order valence-electron chi connectivity index (χ1n) is 5.23. The lowest BCUT2D eigenvalue weighted by Crippen LogP contribution is -2.20. The summed E-state index contributed by atoms with van der Waals surface area (Å²) >= 11 is 0. The van der Waals surface area contributed by atoms with E-state index in [-0.39, 0.29) is 11.0 Å². The van der Waals surface area contributed by atoms with Gasteiger partial charge in [-0.2, -0.15) is 0 Å². The predicted molar refractivity (Wildman–Crippen MR) is 65.0 cm³/mol. The molecular weight excluding hydrogens is 222 g/mol. The smallest absolute Gasteiger partial charge is 0.171 e. The van der Waals surface area contributed by atoms with Crippen LogP contribution in [0.4, 0.5) is 8.78 Å². The van der Waals surface area contributed by atoms with Crippen molar-refractivity contribution >= 4 is 22.9 Å². The number of fused-ring (bicyclic) bond motifs is 1. The van der Waals surface area contributed by atoms with Gasteiger partial charge in [-0.15, -0.1) is 0 Å². The summed E-state index contributed by atoms with van der Waals surface area (Å²) in [7, 11) is 0. The molecule has 0 fully saturated rings. The van der Waals surface area contributed by atoms with Crippen molar-refractivity contribution in [3.8, 4) is 0 Å². The standard InChI is InChI=1S/C14H12F2O/c1-4-5-10-11-7-6-8(2)12(16)14(11)17-13(10)9(3)15/h4-7H,1H2,2-3H3/b10-5-,13-9-. The van der Waals surface area contributed by atoms with Crippen LogP contribution in [0.2, 0.25) is 0 Å². The first kappa shape index (κ1) is 11.6. The van der Waals surface area contributed by atoms with Gasteiger partial charge in [0.05, 0.1) is 0 Å². The first-order chi connectivity index (χ1) is 8.06. The second-order valence-electron chi connectivity index (χ2n) is 3.85. The minimum absolute atomic E-state index is 0.0596. The lowest BCUT2D eigenvalue weighted by atomic mass is 10.1. The van der Waals surface area contributed by atoms with Crippen LogP contribution in [0.3, 0.4) is 0 Å². The third-order valence-corrected chi connectivity index (χ3v) is 2.63. The maximum absolute atomic E-state index is 13.8. The van der Waals surface area contributed by atoms with E-state index in [0.717, 1.165) is 0 Å². The van der Waals surface area contributed by atoms with E-state index in [0.29, 0.717) is 16.2 Å². The van der Waals surface area contributed by atoms with Gasteiger partial charge >= 0.3 is 0 Å². The third kappa shape index (κ3) is 1.78. The normalized spacial score (nSPS) is 14.2. The average molecular weight is 234 g/mol. The molecule has 17 heavy (non-hydrogen) atoms. The molecule has 0 atom stereocenters. The zero-order chi connectivity index (χ0) is 12.6. The van der Waals surface area contributed by atoms with Crippen molar-refractivity contribution < 1.29 is 13.2 Å². The van der Waals surface area contributed by atoms with Crippen LogP contribution in [0.25, 0.3) is 22.9 Å². The molecule has 0 spiro atoms. The Hall–Kier alpha value is -1.90. The van der Waals surface area contributed by atoms with E-state index < -0.39 is 11.6 Å². The fraction of sp³-hybridized carbons (Fsp3) is 0.143. The van der Waals surface area contributed by atoms with E-state index in [1.807, 2.05) is 0 Å². The van der Waals surface area contributed by atoms with Crippen LogP contribution in [0.1, 0.15) is 12.5 Å². The fourth-order valence-corrected chi connectivity index (χ4v) is 1.78. The Morgan fingerprint density at radius 3 is 2.71 bits per heavy atom. The molecule has 0 N–H and O–H groups in total. The van der Waals surface area contributed by atoms with Crippen molar-refractivity contribution in [3.05, 3.63) is 46.8 Å². The second kappa shape index (κ2) is 4.17. The van der Waals surface area contributed by atoms with Crippen LogP contribution in [0.5, 0.6) is 0 Å². The Morgan fingerprint density at radius 1 is 1.41 bits per heavy atom. The molecule has 2 rings (SSSR count). The quantitative estimate of drug-likeness (QED) is 0.739. The summed E-state index contributed by atoms with van der Waals surface area (Å²) in [5, 5.41) is 1.08. The van der Waals surface area contributed by atoms with Gasteiger partial charge in [0.1, 0.15) is 5.83 Å². The summed E-state index contributed by atoms with van der Waals surface area (Å²) in [6.07, 6.45) is 3.13. The number of furan rings is 1. The highest BCUT2D eigenvalue weighted by molar-refractivity contribution is 5.81. The van der Waals surface area contributed by atoms with Crippen LogP contribution >= 0.6 is 0 Å². The molecule has 0 radical (unpaired) electrons. The van der Waals surface area contributed by atoms with E-state index >= 15 is 0 Å². The van der Waals surface area contributed by atoms with Gasteiger partial charge in [0, 0.05) is 10.6 Å². The Bertz CT molecular complexity index is 704. The van der Waals surface area contributed by atoms with Crippen LogP contribution in [-0.2, 0) is 0 Å². The summed E-state index contributed by atoms with van der Waals surface area (Å²) in [4.78, 5) is 0. The Kier molecular flexibility index (Phi) is 2.84. The van der Waals surface area contributed by atoms with Gasteiger partial charge in [0.2, 0.25) is 0 Å². The molecule has 0 bridgehead atoms. The molecule has 0 amide bonds. The molecule has 1 nitrogen and oxygen atoms in total. The molecule has 1 aromatic heterocycles. The maximum Gasteiger partial charge on any atom is 0.171 e. The van der Waals surface area contributed by atoms with Crippen LogP contribution in [-0.4, -0.2) is 0 Å². The first-order valence-corrected chi connectivity index (χ1v) is 5.23. The van der Waals surface area contributed by atoms with E-state index in [4.69, 9.17) is 4.42 Å². The topological polar surface area (TPSA) is 13.1 Å². The molecule has 1 heterocycles. The molecule has 3 heteroatoms. The van der Waals surface area contributed by atoms with E-state index in [2.05, 4.69) is 6.58 Å². The predicted octanol–water partition coefficient (Wildman–Crippen LogP) is 2.94. The SMILES string of the molecule is C=C/C=c1\c(=C(/C)F)oc2c(F)c(C)ccc12. The van der Waals surface area contributed by atoms with Gasteiger partial charge in [-0.1, -0.05) is 30.9 Å². The van der Waals surface area contributed by atoms with Crippen molar-refractivity contribution in [2.45, 2.75) is 13.8 Å². The molecule has 0 aliphatic rings. The fourth-order valence-electron chi connectivity index (χ4n) is 1.78. The summed E-state index contributed by atoms with van der Waals surface area (Å²) in [6.45, 7) is 6.48. The number of hydrogen-bond acceptors (Lipinski definition) is 1. The molecule has 1 aromatic carbocycles. The van der Waals surface area contributed by atoms with Gasteiger partial charge in [0.15, 0.2) is 16.8 Å². The second-order valence-corrected chi connectivity index (χ2v) is 3.85. The van der Waals surface area contributed by atoms with Crippen molar-refractivity contribution in [2.24, 2.45) is 0 Å². The van der Waals surface area contributed by atoms with E-state index in [9.17, 15) is 8.78 Å². The maximum atomic E-state index is 13.8. The Labute approximate surface area is 97.4 Å². The molecule has 0 saturated carbocycles. The molecule has 0 saturated heterocycles. The monoisotopic (exact) mass is 234 g/mol. The van der Waals surface area contributed by atoms with Crippen LogP contribution in [0, 0.1) is 12.7 Å². The van der Waals surface area contributed by atoms with Gasteiger partial charge in [-0.3, -0.25) is 0 Å². The van der Waals surface area contributed by atoms with Crippen molar-refractivity contribution in [1.82, 2.24) is 0 Å². The van der Waals surface area contributed by atoms with Gasteiger partial charge in [-0.05, 0) is 19.4 Å². The highest BCUT2D eigenvalue weighted by Crippen LogP contribution is 2.17. The molecule has 2 aromatic rings. The highest BCUT2D eigenvalue weighted by Gasteiger charge is 2.11. The minimum Gasteiger partial charge on any atom is -0.450 e. The molecular formula is C14H12F2O. The Morgan fingerprint density at radius 2 is 2.12 bits per heavy atom. The number of allylic oxidation sites excluding steroid dienone is 1. The van der Waals surface area contributed by atoms with Crippen molar-refractivity contribution in [2.75, 3.05) is 0 Å². The minimum atomic E-state index is -0.480. The largest absolute Gasteiger partial charge is 0.450 e. The molecule has 88 valence electrons. The summed E-state index contributed by atoms with van der Waals surface area (Å²) < 4.78 is 32.4. The van der Waals surface area contributed by atoms with Crippen LogP contribution in [0.15, 0.2) is 29.2 Å². The van der Waals surface area contributed by atoms with Crippen molar-refractivity contribution in [1.29, 1.82) is 0 Å². The highest BCUT2D eigenvalue weighted by atomic mass is 19.1. The lowest BCUT2D eigenvalue weighted by Gasteiger charge is -1.94. The summed E-state index contributed by atoms with van der Waals surface area (Å²) in [5.74, 6) is -0.930. The number of hydrogen-bond donors (Lipinski definition) is 0. The zero-order valence-corrected chi connectivity index (χ0v) is 9.68. The van der Waals surface area contributed by atoms with E-state index in [1.165, 1.54) is 13.0 Å². The molecule has 0 aliphatic carbocycles. The van der Waals surface area contributed by atoms with E-state index in [1.54, 1.807) is 25.1 Å². The third-order valence-electron chi connectivity index (χ3n) is 2.63. The average Bonchev–Trinajstić information content (AvgIpc) is 2.64. The van der Waals surface area contributed by atoms with Crippen molar-refractivity contribution in [3.63, 3.8) is 0 Å². The summed E-state index contributed by atoms with van der Waals surface area (Å²) in [6, 6.07) is 3.37. The van der Waals surface area contributed by atoms with Gasteiger partial charge in [0.25, 0.3) is 0 Å². The van der Waals surface area contributed by atoms with Gasteiger partial charge < -0.3 is 4.42 Å².